The second-order valence-electron chi connectivity index (χ2n) is 5.05. The zero-order chi connectivity index (χ0) is 11.1. The fourth-order valence-corrected chi connectivity index (χ4v) is 2.05. The molecule has 0 amide bonds. The maximum Gasteiger partial charge on any atom is 0.0779 e. The fraction of sp³-hybridized carbons (Fsp3) is 1.00. The average Bonchev–Trinajstić information content (AvgIpc) is 2.58. The predicted octanol–water partition coefficient (Wildman–Crippen LogP) is 1.66. The summed E-state index contributed by atoms with van der Waals surface area (Å²) in [6.07, 6.45) is 5.98. The maximum absolute atomic E-state index is 5.70. The molecule has 0 saturated carbocycles. The third-order valence-corrected chi connectivity index (χ3v) is 3.06. The summed E-state index contributed by atoms with van der Waals surface area (Å²) in [7, 11) is 0. The molecular formula is C12H26N2O. The maximum atomic E-state index is 5.70. The van der Waals surface area contributed by atoms with E-state index in [0.717, 1.165) is 26.1 Å². The molecule has 15 heavy (non-hydrogen) atoms. The molecule has 1 heterocycles. The molecule has 0 aromatic carbocycles. The molecule has 0 bridgehead atoms. The van der Waals surface area contributed by atoms with Crippen molar-refractivity contribution >= 4 is 0 Å². The van der Waals surface area contributed by atoms with Crippen LogP contribution in [0.4, 0.5) is 0 Å². The first kappa shape index (κ1) is 12.9. The number of nitrogens with one attached hydrogen (secondary N) is 1. The normalized spacial score (nSPS) is 28.2. The summed E-state index contributed by atoms with van der Waals surface area (Å²) in [4.78, 5) is 0. The zero-order valence-corrected chi connectivity index (χ0v) is 10.2. The Morgan fingerprint density at radius 2 is 2.27 bits per heavy atom. The molecule has 0 spiro atoms. The van der Waals surface area contributed by atoms with E-state index in [-0.39, 0.29) is 5.60 Å². The summed E-state index contributed by atoms with van der Waals surface area (Å²) in [5.74, 6) is 0. The highest BCUT2D eigenvalue weighted by Gasteiger charge is 2.28. The van der Waals surface area contributed by atoms with E-state index in [0.29, 0.717) is 6.04 Å². The first-order valence-electron chi connectivity index (χ1n) is 6.23. The van der Waals surface area contributed by atoms with Gasteiger partial charge in [0.25, 0.3) is 0 Å². The SMILES string of the molecule is CC(N)CCCCNCC1(C)CCCO1. The number of rotatable bonds is 7. The number of ether oxygens (including phenoxy) is 1. The van der Waals surface area contributed by atoms with Crippen molar-refractivity contribution in [3.05, 3.63) is 0 Å². The Morgan fingerprint density at radius 3 is 2.87 bits per heavy atom. The van der Waals surface area contributed by atoms with E-state index in [1.807, 2.05) is 0 Å². The van der Waals surface area contributed by atoms with Gasteiger partial charge in [-0.05, 0) is 46.1 Å². The first-order chi connectivity index (χ1) is 7.12. The smallest absolute Gasteiger partial charge is 0.0779 e. The molecular weight excluding hydrogens is 188 g/mol. The topological polar surface area (TPSA) is 47.3 Å². The third-order valence-electron chi connectivity index (χ3n) is 3.06. The van der Waals surface area contributed by atoms with Gasteiger partial charge in [-0.3, -0.25) is 0 Å². The van der Waals surface area contributed by atoms with Crippen LogP contribution in [0, 0.1) is 0 Å². The monoisotopic (exact) mass is 214 g/mol. The number of unbranched alkanes of at least 4 members (excludes halogenated alkanes) is 1. The molecule has 90 valence electrons. The van der Waals surface area contributed by atoms with Gasteiger partial charge in [-0.15, -0.1) is 0 Å². The highest BCUT2D eigenvalue weighted by molar-refractivity contribution is 4.82. The standard InChI is InChI=1S/C12H26N2O/c1-11(13)6-3-4-8-14-10-12(2)7-5-9-15-12/h11,14H,3-10,13H2,1-2H3. The average molecular weight is 214 g/mol. The van der Waals surface area contributed by atoms with E-state index in [1.54, 1.807) is 0 Å². The van der Waals surface area contributed by atoms with E-state index in [1.165, 1.54) is 25.7 Å². The van der Waals surface area contributed by atoms with Gasteiger partial charge in [0, 0.05) is 19.2 Å². The number of nitrogens with two attached hydrogens (primary N) is 1. The Labute approximate surface area is 93.8 Å². The minimum Gasteiger partial charge on any atom is -0.374 e. The molecule has 3 N–H and O–H groups in total. The van der Waals surface area contributed by atoms with Crippen molar-refractivity contribution in [3.8, 4) is 0 Å². The Morgan fingerprint density at radius 1 is 1.47 bits per heavy atom. The van der Waals surface area contributed by atoms with Crippen molar-refractivity contribution in [1.82, 2.24) is 5.32 Å². The zero-order valence-electron chi connectivity index (χ0n) is 10.2. The largest absolute Gasteiger partial charge is 0.374 e. The highest BCUT2D eigenvalue weighted by Crippen LogP contribution is 2.23. The van der Waals surface area contributed by atoms with Crippen LogP contribution in [0.15, 0.2) is 0 Å². The van der Waals surface area contributed by atoms with Gasteiger partial charge >= 0.3 is 0 Å². The van der Waals surface area contributed by atoms with Crippen LogP contribution in [0.2, 0.25) is 0 Å². The van der Waals surface area contributed by atoms with Crippen LogP contribution in [-0.2, 0) is 4.74 Å². The second kappa shape index (κ2) is 6.46. The van der Waals surface area contributed by atoms with Gasteiger partial charge in [0.15, 0.2) is 0 Å². The van der Waals surface area contributed by atoms with Crippen LogP contribution in [0.5, 0.6) is 0 Å². The minimum atomic E-state index is 0.0984. The Balaban J connectivity index is 1.92. The van der Waals surface area contributed by atoms with E-state index >= 15 is 0 Å². The minimum absolute atomic E-state index is 0.0984. The van der Waals surface area contributed by atoms with Crippen LogP contribution >= 0.6 is 0 Å². The van der Waals surface area contributed by atoms with E-state index in [4.69, 9.17) is 10.5 Å². The summed E-state index contributed by atoms with van der Waals surface area (Å²) in [5.41, 5.74) is 5.79. The Bertz CT molecular complexity index is 165. The quantitative estimate of drug-likeness (QED) is 0.634. The third kappa shape index (κ3) is 5.50. The molecule has 1 fully saturated rings. The van der Waals surface area contributed by atoms with Crippen molar-refractivity contribution in [2.75, 3.05) is 19.7 Å². The van der Waals surface area contributed by atoms with Crippen molar-refractivity contribution in [3.63, 3.8) is 0 Å². The molecule has 0 aliphatic carbocycles. The molecule has 0 aromatic heterocycles. The van der Waals surface area contributed by atoms with Gasteiger partial charge < -0.3 is 15.8 Å². The lowest BCUT2D eigenvalue weighted by molar-refractivity contribution is 0.0210. The summed E-state index contributed by atoms with van der Waals surface area (Å²) in [5, 5.41) is 3.48. The van der Waals surface area contributed by atoms with Gasteiger partial charge in [-0.25, -0.2) is 0 Å². The van der Waals surface area contributed by atoms with E-state index in [2.05, 4.69) is 19.2 Å². The van der Waals surface area contributed by atoms with Gasteiger partial charge in [0.2, 0.25) is 0 Å². The first-order valence-corrected chi connectivity index (χ1v) is 6.23. The lowest BCUT2D eigenvalue weighted by atomic mass is 10.0. The van der Waals surface area contributed by atoms with Crippen LogP contribution in [0.25, 0.3) is 0 Å². The predicted molar refractivity (Wildman–Crippen MR) is 64.0 cm³/mol. The van der Waals surface area contributed by atoms with Crippen molar-refractivity contribution < 1.29 is 4.74 Å². The number of hydrogen-bond acceptors (Lipinski definition) is 3. The molecule has 2 unspecified atom stereocenters. The molecule has 0 radical (unpaired) electrons. The molecule has 1 rings (SSSR count). The van der Waals surface area contributed by atoms with Gasteiger partial charge in [-0.2, -0.15) is 0 Å². The van der Waals surface area contributed by atoms with Crippen molar-refractivity contribution in [1.29, 1.82) is 0 Å². The molecule has 1 saturated heterocycles. The summed E-state index contributed by atoms with van der Waals surface area (Å²) < 4.78 is 5.70. The summed E-state index contributed by atoms with van der Waals surface area (Å²) in [6, 6.07) is 0.348. The Hall–Kier alpha value is -0.120. The lowest BCUT2D eigenvalue weighted by Gasteiger charge is -2.23. The summed E-state index contributed by atoms with van der Waals surface area (Å²) >= 11 is 0. The van der Waals surface area contributed by atoms with Gasteiger partial charge in [0.1, 0.15) is 0 Å². The fourth-order valence-electron chi connectivity index (χ4n) is 2.05. The molecule has 3 nitrogen and oxygen atoms in total. The molecule has 1 aliphatic heterocycles. The highest BCUT2D eigenvalue weighted by atomic mass is 16.5. The van der Waals surface area contributed by atoms with E-state index in [9.17, 15) is 0 Å². The molecule has 2 atom stereocenters. The lowest BCUT2D eigenvalue weighted by Crippen LogP contribution is -2.37. The molecule has 3 heteroatoms. The van der Waals surface area contributed by atoms with Gasteiger partial charge in [0.05, 0.1) is 5.60 Å². The van der Waals surface area contributed by atoms with Crippen LogP contribution < -0.4 is 11.1 Å². The van der Waals surface area contributed by atoms with Crippen LogP contribution in [0.1, 0.15) is 46.0 Å². The summed E-state index contributed by atoms with van der Waals surface area (Å²) in [6.45, 7) is 7.29. The second-order valence-corrected chi connectivity index (χ2v) is 5.05. The number of hydrogen-bond donors (Lipinski definition) is 2. The van der Waals surface area contributed by atoms with Crippen LogP contribution in [-0.4, -0.2) is 31.3 Å². The van der Waals surface area contributed by atoms with E-state index < -0.39 is 0 Å². The molecule has 0 aromatic rings. The van der Waals surface area contributed by atoms with Gasteiger partial charge in [-0.1, -0.05) is 6.42 Å². The molecule has 1 aliphatic rings. The Kier molecular flexibility index (Phi) is 5.58. The van der Waals surface area contributed by atoms with Crippen molar-refractivity contribution in [2.45, 2.75) is 57.6 Å². The van der Waals surface area contributed by atoms with Crippen molar-refractivity contribution in [2.24, 2.45) is 5.73 Å². The van der Waals surface area contributed by atoms with Crippen LogP contribution in [0.3, 0.4) is 0 Å².